The highest BCUT2D eigenvalue weighted by atomic mass is 32.2. The van der Waals surface area contributed by atoms with E-state index in [0.29, 0.717) is 0 Å². The van der Waals surface area contributed by atoms with Gasteiger partial charge in [0, 0.05) is 17.6 Å². The Labute approximate surface area is 106 Å². The molecular formula is C14H16N2S. The number of nitrogens with zero attached hydrogens (tertiary/aromatic N) is 1. The molecule has 0 saturated carbocycles. The fraction of sp³-hybridized carbons (Fsp3) is 0.214. The molecule has 0 fully saturated rings. The molecular weight excluding hydrogens is 228 g/mol. The van der Waals surface area contributed by atoms with E-state index in [2.05, 4.69) is 53.6 Å². The van der Waals surface area contributed by atoms with Crippen molar-refractivity contribution >= 4 is 11.8 Å². The molecule has 0 aliphatic carbocycles. The van der Waals surface area contributed by atoms with Crippen molar-refractivity contribution in [1.82, 2.24) is 10.3 Å². The molecule has 0 unspecified atom stereocenters. The van der Waals surface area contributed by atoms with Crippen LogP contribution in [0.3, 0.4) is 0 Å². The summed E-state index contributed by atoms with van der Waals surface area (Å²) in [5, 5.41) is 4.15. The first-order chi connectivity index (χ1) is 8.28. The molecule has 1 N–H and O–H groups in total. The van der Waals surface area contributed by atoms with E-state index in [9.17, 15) is 0 Å². The van der Waals surface area contributed by atoms with Gasteiger partial charge in [0.1, 0.15) is 5.03 Å². The summed E-state index contributed by atoms with van der Waals surface area (Å²) in [6, 6.07) is 12.6. The standard InChI is InChI=1S/C14H16N2S/c1-11-4-3-5-13(8-11)17-14-7-6-12(9-15-2)10-16-14/h3-8,10,15H,9H2,1-2H3. The van der Waals surface area contributed by atoms with Crippen LogP contribution in [-0.2, 0) is 6.54 Å². The molecule has 0 amide bonds. The third kappa shape index (κ3) is 3.58. The van der Waals surface area contributed by atoms with Gasteiger partial charge in [0.05, 0.1) is 0 Å². The molecule has 2 aromatic rings. The Kier molecular flexibility index (Phi) is 4.18. The third-order valence-electron chi connectivity index (χ3n) is 2.39. The monoisotopic (exact) mass is 244 g/mol. The van der Waals surface area contributed by atoms with Gasteiger partial charge in [0.25, 0.3) is 0 Å². The van der Waals surface area contributed by atoms with Crippen molar-refractivity contribution in [3.8, 4) is 0 Å². The van der Waals surface area contributed by atoms with Crippen molar-refractivity contribution in [2.75, 3.05) is 7.05 Å². The van der Waals surface area contributed by atoms with Crippen molar-refractivity contribution in [2.24, 2.45) is 0 Å². The smallest absolute Gasteiger partial charge is 0.101 e. The number of hydrogen-bond acceptors (Lipinski definition) is 3. The minimum absolute atomic E-state index is 0.863. The van der Waals surface area contributed by atoms with Gasteiger partial charge in [-0.25, -0.2) is 4.98 Å². The number of benzene rings is 1. The third-order valence-corrected chi connectivity index (χ3v) is 3.33. The fourth-order valence-electron chi connectivity index (χ4n) is 1.58. The zero-order valence-electron chi connectivity index (χ0n) is 10.1. The predicted molar refractivity (Wildman–Crippen MR) is 72.3 cm³/mol. The normalized spacial score (nSPS) is 10.5. The minimum atomic E-state index is 0.863. The molecule has 0 spiro atoms. The number of aromatic nitrogens is 1. The van der Waals surface area contributed by atoms with Crippen LogP contribution < -0.4 is 5.32 Å². The van der Waals surface area contributed by atoms with E-state index in [1.165, 1.54) is 16.0 Å². The summed E-state index contributed by atoms with van der Waals surface area (Å²) in [6.45, 7) is 2.97. The van der Waals surface area contributed by atoms with Gasteiger partial charge in [-0.15, -0.1) is 0 Å². The van der Waals surface area contributed by atoms with Crippen molar-refractivity contribution in [3.63, 3.8) is 0 Å². The van der Waals surface area contributed by atoms with E-state index in [0.717, 1.165) is 11.6 Å². The van der Waals surface area contributed by atoms with Crippen LogP contribution in [0.2, 0.25) is 0 Å². The van der Waals surface area contributed by atoms with Gasteiger partial charge < -0.3 is 5.32 Å². The Bertz CT molecular complexity index is 480. The second-order valence-electron chi connectivity index (χ2n) is 3.95. The molecule has 88 valence electrons. The fourth-order valence-corrected chi connectivity index (χ4v) is 2.45. The number of rotatable bonds is 4. The van der Waals surface area contributed by atoms with E-state index in [1.807, 2.05) is 13.2 Å². The van der Waals surface area contributed by atoms with E-state index in [1.54, 1.807) is 11.8 Å². The zero-order chi connectivity index (χ0) is 12.1. The molecule has 17 heavy (non-hydrogen) atoms. The van der Waals surface area contributed by atoms with Crippen LogP contribution in [0.25, 0.3) is 0 Å². The maximum absolute atomic E-state index is 4.45. The van der Waals surface area contributed by atoms with E-state index < -0.39 is 0 Å². The highest BCUT2D eigenvalue weighted by molar-refractivity contribution is 7.99. The lowest BCUT2D eigenvalue weighted by molar-refractivity contribution is 0.809. The molecule has 1 aromatic heterocycles. The van der Waals surface area contributed by atoms with Gasteiger partial charge in [0.15, 0.2) is 0 Å². The molecule has 2 nitrogen and oxygen atoms in total. The quantitative estimate of drug-likeness (QED) is 0.893. The van der Waals surface area contributed by atoms with E-state index in [4.69, 9.17) is 0 Å². The van der Waals surface area contributed by atoms with Crippen molar-refractivity contribution in [2.45, 2.75) is 23.4 Å². The second kappa shape index (κ2) is 5.84. The molecule has 0 atom stereocenters. The predicted octanol–water partition coefficient (Wildman–Crippen LogP) is 3.26. The molecule has 0 radical (unpaired) electrons. The summed E-state index contributed by atoms with van der Waals surface area (Å²) in [5.74, 6) is 0. The maximum atomic E-state index is 4.45. The molecule has 1 heterocycles. The Morgan fingerprint density at radius 2 is 2.12 bits per heavy atom. The Morgan fingerprint density at radius 3 is 2.76 bits per heavy atom. The number of pyridine rings is 1. The van der Waals surface area contributed by atoms with Crippen molar-refractivity contribution < 1.29 is 0 Å². The summed E-state index contributed by atoms with van der Waals surface area (Å²) < 4.78 is 0. The van der Waals surface area contributed by atoms with Gasteiger partial charge in [0.2, 0.25) is 0 Å². The van der Waals surface area contributed by atoms with E-state index >= 15 is 0 Å². The van der Waals surface area contributed by atoms with Crippen LogP contribution in [0, 0.1) is 6.92 Å². The highest BCUT2D eigenvalue weighted by Crippen LogP contribution is 2.26. The number of aryl methyl sites for hydroxylation is 1. The molecule has 2 rings (SSSR count). The topological polar surface area (TPSA) is 24.9 Å². The summed E-state index contributed by atoms with van der Waals surface area (Å²) in [5.41, 5.74) is 2.49. The molecule has 0 aliphatic rings. The first-order valence-corrected chi connectivity index (χ1v) is 6.43. The summed E-state index contributed by atoms with van der Waals surface area (Å²) in [6.07, 6.45) is 1.93. The first kappa shape index (κ1) is 12.1. The average molecular weight is 244 g/mol. The number of hydrogen-bond donors (Lipinski definition) is 1. The number of nitrogens with one attached hydrogen (secondary N) is 1. The zero-order valence-corrected chi connectivity index (χ0v) is 10.9. The second-order valence-corrected chi connectivity index (χ2v) is 5.05. The Morgan fingerprint density at radius 1 is 1.24 bits per heavy atom. The molecule has 0 saturated heterocycles. The summed E-state index contributed by atoms with van der Waals surface area (Å²) >= 11 is 1.70. The first-order valence-electron chi connectivity index (χ1n) is 5.62. The minimum Gasteiger partial charge on any atom is -0.316 e. The largest absolute Gasteiger partial charge is 0.316 e. The van der Waals surface area contributed by atoms with Crippen LogP contribution in [0.4, 0.5) is 0 Å². The summed E-state index contributed by atoms with van der Waals surface area (Å²) in [7, 11) is 1.94. The molecule has 3 heteroatoms. The molecule has 1 aromatic carbocycles. The SMILES string of the molecule is CNCc1ccc(Sc2cccc(C)c2)nc1. The lowest BCUT2D eigenvalue weighted by atomic mass is 10.2. The Balaban J connectivity index is 2.08. The van der Waals surface area contributed by atoms with Crippen LogP contribution in [0.1, 0.15) is 11.1 Å². The molecule has 0 bridgehead atoms. The van der Waals surface area contributed by atoms with Gasteiger partial charge in [-0.3, -0.25) is 0 Å². The average Bonchev–Trinajstić information content (AvgIpc) is 2.32. The maximum Gasteiger partial charge on any atom is 0.101 e. The highest BCUT2D eigenvalue weighted by Gasteiger charge is 1.99. The lowest BCUT2D eigenvalue weighted by Gasteiger charge is -2.03. The van der Waals surface area contributed by atoms with Gasteiger partial charge in [-0.1, -0.05) is 35.5 Å². The van der Waals surface area contributed by atoms with Crippen LogP contribution >= 0.6 is 11.8 Å². The van der Waals surface area contributed by atoms with Crippen LogP contribution in [-0.4, -0.2) is 12.0 Å². The Hall–Kier alpha value is -1.32. The van der Waals surface area contributed by atoms with Crippen LogP contribution in [0.15, 0.2) is 52.5 Å². The lowest BCUT2D eigenvalue weighted by Crippen LogP contribution is -2.04. The van der Waals surface area contributed by atoms with Crippen molar-refractivity contribution in [3.05, 3.63) is 53.7 Å². The van der Waals surface area contributed by atoms with Gasteiger partial charge in [-0.2, -0.15) is 0 Å². The van der Waals surface area contributed by atoms with Gasteiger partial charge >= 0.3 is 0 Å². The van der Waals surface area contributed by atoms with Crippen LogP contribution in [0.5, 0.6) is 0 Å². The molecule has 0 aliphatic heterocycles. The van der Waals surface area contributed by atoms with Crippen molar-refractivity contribution in [1.29, 1.82) is 0 Å². The summed E-state index contributed by atoms with van der Waals surface area (Å²) in [4.78, 5) is 5.68. The van der Waals surface area contributed by atoms with E-state index in [-0.39, 0.29) is 0 Å². The van der Waals surface area contributed by atoms with Gasteiger partial charge in [-0.05, 0) is 37.7 Å².